The lowest BCUT2D eigenvalue weighted by atomic mass is 10.1. The normalized spacial score (nSPS) is 25.4. The highest BCUT2D eigenvalue weighted by Gasteiger charge is 2.21. The molecule has 1 aliphatic rings. The van der Waals surface area contributed by atoms with Gasteiger partial charge in [-0.25, -0.2) is 4.98 Å². The van der Waals surface area contributed by atoms with Crippen LogP contribution in [0.25, 0.3) is 0 Å². The molecule has 2 unspecified atom stereocenters. The van der Waals surface area contributed by atoms with Gasteiger partial charge >= 0.3 is 0 Å². The zero-order valence-corrected chi connectivity index (χ0v) is 9.56. The van der Waals surface area contributed by atoms with Gasteiger partial charge in [-0.3, -0.25) is 0 Å². The van der Waals surface area contributed by atoms with E-state index in [2.05, 4.69) is 21.5 Å². The monoisotopic (exact) mass is 208 g/mol. The molecule has 0 bridgehead atoms. The third-order valence-corrected chi connectivity index (χ3v) is 3.16. The Morgan fingerprint density at radius 1 is 1.60 bits per heavy atom. The highest BCUT2D eigenvalue weighted by molar-refractivity contribution is 5.05. The smallest absolute Gasteiger partial charge is 0.0951 e. The van der Waals surface area contributed by atoms with Crippen molar-refractivity contribution < 1.29 is 0 Å². The molecule has 2 heterocycles. The van der Waals surface area contributed by atoms with Crippen LogP contribution < -0.4 is 5.73 Å². The van der Waals surface area contributed by atoms with Gasteiger partial charge in [0, 0.05) is 24.8 Å². The molecule has 1 saturated heterocycles. The van der Waals surface area contributed by atoms with Crippen molar-refractivity contribution in [1.82, 2.24) is 14.5 Å². The molecule has 1 aromatic rings. The summed E-state index contributed by atoms with van der Waals surface area (Å²) in [6.07, 6.45) is 6.31. The summed E-state index contributed by atoms with van der Waals surface area (Å²) in [6, 6.07) is 0.618. The van der Waals surface area contributed by atoms with E-state index in [0.29, 0.717) is 6.04 Å². The van der Waals surface area contributed by atoms with Crippen LogP contribution in [0.15, 0.2) is 12.5 Å². The number of likely N-dealkylation sites (N-methyl/N-ethyl adjacent to an activating group) is 1. The Morgan fingerprint density at radius 2 is 2.40 bits per heavy atom. The molecule has 84 valence electrons. The fourth-order valence-corrected chi connectivity index (χ4v) is 2.34. The molecule has 0 amide bonds. The van der Waals surface area contributed by atoms with Gasteiger partial charge < -0.3 is 15.2 Å². The van der Waals surface area contributed by atoms with Crippen molar-refractivity contribution in [3.8, 4) is 0 Å². The molecule has 4 nitrogen and oxygen atoms in total. The van der Waals surface area contributed by atoms with Gasteiger partial charge in [0.1, 0.15) is 0 Å². The van der Waals surface area contributed by atoms with Crippen molar-refractivity contribution >= 4 is 0 Å². The summed E-state index contributed by atoms with van der Waals surface area (Å²) in [4.78, 5) is 6.58. The number of imidazole rings is 1. The number of hydrogen-bond donors (Lipinski definition) is 1. The van der Waals surface area contributed by atoms with Gasteiger partial charge in [-0.05, 0) is 33.4 Å². The third kappa shape index (κ3) is 2.21. The van der Waals surface area contributed by atoms with E-state index in [4.69, 9.17) is 5.73 Å². The summed E-state index contributed by atoms with van der Waals surface area (Å²) in [5.41, 5.74) is 7.07. The van der Waals surface area contributed by atoms with Crippen LogP contribution in [0.3, 0.4) is 0 Å². The van der Waals surface area contributed by atoms with Crippen molar-refractivity contribution in [2.75, 3.05) is 20.1 Å². The molecular weight excluding hydrogens is 188 g/mol. The molecular formula is C11H20N4. The van der Waals surface area contributed by atoms with Gasteiger partial charge in [-0.1, -0.05) is 0 Å². The highest BCUT2D eigenvalue weighted by Crippen LogP contribution is 2.23. The molecule has 0 saturated carbocycles. The minimum atomic E-state index is 0.0692. The average Bonchev–Trinajstić information content (AvgIpc) is 2.65. The molecule has 15 heavy (non-hydrogen) atoms. The van der Waals surface area contributed by atoms with Crippen LogP contribution in [0.5, 0.6) is 0 Å². The van der Waals surface area contributed by atoms with E-state index in [1.54, 1.807) is 0 Å². The van der Waals surface area contributed by atoms with Crippen molar-refractivity contribution in [2.45, 2.75) is 31.8 Å². The van der Waals surface area contributed by atoms with Gasteiger partial charge in [0.15, 0.2) is 0 Å². The topological polar surface area (TPSA) is 47.1 Å². The third-order valence-electron chi connectivity index (χ3n) is 3.16. The zero-order chi connectivity index (χ0) is 10.8. The summed E-state index contributed by atoms with van der Waals surface area (Å²) in [5, 5.41) is 0. The van der Waals surface area contributed by atoms with Gasteiger partial charge in [-0.15, -0.1) is 0 Å². The maximum absolute atomic E-state index is 5.93. The average molecular weight is 208 g/mol. The first-order valence-corrected chi connectivity index (χ1v) is 5.64. The van der Waals surface area contributed by atoms with Crippen LogP contribution >= 0.6 is 0 Å². The second-order valence-electron chi connectivity index (χ2n) is 4.57. The van der Waals surface area contributed by atoms with Gasteiger partial charge in [0.2, 0.25) is 0 Å². The SMILES string of the molecule is CC(N)c1cncn1C1CCCN(C)C1. The first kappa shape index (κ1) is 10.6. The summed E-state index contributed by atoms with van der Waals surface area (Å²) >= 11 is 0. The lowest BCUT2D eigenvalue weighted by Gasteiger charge is -2.31. The van der Waals surface area contributed by atoms with Crippen LogP contribution in [0.2, 0.25) is 0 Å². The fraction of sp³-hybridized carbons (Fsp3) is 0.727. The van der Waals surface area contributed by atoms with E-state index in [-0.39, 0.29) is 6.04 Å². The number of nitrogens with two attached hydrogens (primary N) is 1. The van der Waals surface area contributed by atoms with E-state index in [1.165, 1.54) is 19.4 Å². The maximum Gasteiger partial charge on any atom is 0.0951 e. The quantitative estimate of drug-likeness (QED) is 0.793. The predicted octanol–water partition coefficient (Wildman–Crippen LogP) is 1.17. The second-order valence-corrected chi connectivity index (χ2v) is 4.57. The van der Waals surface area contributed by atoms with E-state index in [9.17, 15) is 0 Å². The lowest BCUT2D eigenvalue weighted by Crippen LogP contribution is -2.34. The molecule has 0 spiro atoms. The van der Waals surface area contributed by atoms with Crippen LogP contribution in [-0.2, 0) is 0 Å². The Balaban J connectivity index is 2.17. The summed E-state index contributed by atoms with van der Waals surface area (Å²) < 4.78 is 2.25. The summed E-state index contributed by atoms with van der Waals surface area (Å²) in [7, 11) is 2.18. The van der Waals surface area contributed by atoms with Crippen LogP contribution in [-0.4, -0.2) is 34.6 Å². The Bertz CT molecular complexity index is 318. The van der Waals surface area contributed by atoms with Gasteiger partial charge in [0.05, 0.1) is 12.0 Å². The van der Waals surface area contributed by atoms with E-state index < -0.39 is 0 Å². The van der Waals surface area contributed by atoms with Crippen molar-refractivity contribution in [1.29, 1.82) is 0 Å². The van der Waals surface area contributed by atoms with Gasteiger partial charge in [-0.2, -0.15) is 0 Å². The molecule has 0 radical (unpaired) electrons. The van der Waals surface area contributed by atoms with Crippen molar-refractivity contribution in [3.63, 3.8) is 0 Å². The fourth-order valence-electron chi connectivity index (χ4n) is 2.34. The summed E-state index contributed by atoms with van der Waals surface area (Å²) in [5.74, 6) is 0. The molecule has 2 N–H and O–H groups in total. The highest BCUT2D eigenvalue weighted by atomic mass is 15.2. The minimum absolute atomic E-state index is 0.0692. The number of aromatic nitrogens is 2. The molecule has 2 atom stereocenters. The molecule has 0 aromatic carbocycles. The molecule has 1 aliphatic heterocycles. The standard InChI is InChI=1S/C11H20N4/c1-9(12)11-6-13-8-15(11)10-4-3-5-14(2)7-10/h6,8-10H,3-5,7,12H2,1-2H3. The Kier molecular flexibility index (Phi) is 3.07. The van der Waals surface area contributed by atoms with Crippen LogP contribution in [0.1, 0.15) is 37.5 Å². The predicted molar refractivity (Wildman–Crippen MR) is 60.6 cm³/mol. The van der Waals surface area contributed by atoms with Crippen LogP contribution in [0.4, 0.5) is 0 Å². The number of rotatable bonds is 2. The first-order valence-electron chi connectivity index (χ1n) is 5.64. The number of hydrogen-bond acceptors (Lipinski definition) is 3. The van der Waals surface area contributed by atoms with Crippen molar-refractivity contribution in [3.05, 3.63) is 18.2 Å². The van der Waals surface area contributed by atoms with Crippen molar-refractivity contribution in [2.24, 2.45) is 5.73 Å². The largest absolute Gasteiger partial charge is 0.329 e. The van der Waals surface area contributed by atoms with Gasteiger partial charge in [0.25, 0.3) is 0 Å². The lowest BCUT2D eigenvalue weighted by molar-refractivity contribution is 0.209. The number of piperidine rings is 1. The Hall–Kier alpha value is -0.870. The molecule has 1 aromatic heterocycles. The molecule has 4 heteroatoms. The summed E-state index contributed by atoms with van der Waals surface area (Å²) in [6.45, 7) is 4.33. The molecule has 0 aliphatic carbocycles. The minimum Gasteiger partial charge on any atom is -0.329 e. The number of likely N-dealkylation sites (tertiary alicyclic amines) is 1. The molecule has 1 fully saturated rings. The zero-order valence-electron chi connectivity index (χ0n) is 9.56. The second kappa shape index (κ2) is 4.33. The van der Waals surface area contributed by atoms with E-state index in [0.717, 1.165) is 12.2 Å². The van der Waals surface area contributed by atoms with Crippen LogP contribution in [0, 0.1) is 0 Å². The maximum atomic E-state index is 5.93. The Morgan fingerprint density at radius 3 is 3.07 bits per heavy atom. The first-order chi connectivity index (χ1) is 7.18. The number of nitrogens with zero attached hydrogens (tertiary/aromatic N) is 3. The van der Waals surface area contributed by atoms with E-state index >= 15 is 0 Å². The molecule has 2 rings (SSSR count). The Labute approximate surface area is 91.1 Å². The van der Waals surface area contributed by atoms with E-state index in [1.807, 2.05) is 19.4 Å².